The predicted molar refractivity (Wildman–Crippen MR) is 92.1 cm³/mol. The summed E-state index contributed by atoms with van der Waals surface area (Å²) in [5.74, 6) is 0. The molecule has 0 N–H and O–H groups in total. The van der Waals surface area contributed by atoms with E-state index in [0.29, 0.717) is 0 Å². The van der Waals surface area contributed by atoms with E-state index in [1.807, 2.05) is 0 Å². The van der Waals surface area contributed by atoms with Gasteiger partial charge in [-0.25, -0.2) is 0 Å². The van der Waals surface area contributed by atoms with E-state index >= 15 is 0 Å². The summed E-state index contributed by atoms with van der Waals surface area (Å²) in [7, 11) is 0. The zero-order valence-corrected chi connectivity index (χ0v) is 14.0. The van der Waals surface area contributed by atoms with E-state index in [4.69, 9.17) is 0 Å². The Bertz CT molecular complexity index is 689. The molecule has 0 saturated heterocycles. The summed E-state index contributed by atoms with van der Waals surface area (Å²) >= 11 is 0. The molecular weight excluding hydrogens is 252 g/mol. The van der Waals surface area contributed by atoms with Gasteiger partial charge in [-0.3, -0.25) is 0 Å². The second kappa shape index (κ2) is 5.02. The zero-order chi connectivity index (χ0) is 15.2. The summed E-state index contributed by atoms with van der Waals surface area (Å²) in [6.45, 7) is 11.5. The number of hydrogen-bond donors (Lipinski definition) is 0. The molecule has 0 nitrogen and oxygen atoms in total. The Balaban J connectivity index is 2.26. The summed E-state index contributed by atoms with van der Waals surface area (Å²) in [4.78, 5) is 0. The third kappa shape index (κ3) is 2.12. The molecule has 2 aromatic carbocycles. The van der Waals surface area contributed by atoms with Crippen LogP contribution in [0.15, 0.2) is 30.3 Å². The number of fused-ring (bicyclic) bond motifs is 3. The van der Waals surface area contributed by atoms with E-state index < -0.39 is 0 Å². The van der Waals surface area contributed by atoms with Crippen LogP contribution in [0.4, 0.5) is 0 Å². The number of aryl methyl sites for hydroxylation is 2. The molecule has 0 radical (unpaired) electrons. The average molecular weight is 278 g/mol. The van der Waals surface area contributed by atoms with Crippen LogP contribution < -0.4 is 0 Å². The normalized spacial score (nSPS) is 14.9. The molecule has 0 atom stereocenters. The minimum atomic E-state index is 0.131. The minimum absolute atomic E-state index is 0.131. The molecule has 110 valence electrons. The monoisotopic (exact) mass is 278 g/mol. The first-order chi connectivity index (χ1) is 9.96. The molecule has 0 saturated carbocycles. The standard InChI is InChI=1S/C21H26/c1-6-7-8-16-15(3)10-12-18-17-11-9-14(2)13-19(17)21(4,5)20(16)18/h9-13H,6-8H2,1-5H3. The van der Waals surface area contributed by atoms with Crippen molar-refractivity contribution in [3.63, 3.8) is 0 Å². The van der Waals surface area contributed by atoms with Crippen molar-refractivity contribution in [1.82, 2.24) is 0 Å². The van der Waals surface area contributed by atoms with Gasteiger partial charge in [0.25, 0.3) is 0 Å². The summed E-state index contributed by atoms with van der Waals surface area (Å²) in [6, 6.07) is 11.6. The van der Waals surface area contributed by atoms with E-state index in [1.165, 1.54) is 47.1 Å². The third-order valence-corrected chi connectivity index (χ3v) is 5.09. The molecule has 2 aromatic rings. The first-order valence-corrected chi connectivity index (χ1v) is 8.21. The molecule has 1 aliphatic carbocycles. The average Bonchev–Trinajstić information content (AvgIpc) is 2.66. The molecule has 0 aromatic heterocycles. The van der Waals surface area contributed by atoms with Crippen LogP contribution in [0.5, 0.6) is 0 Å². The van der Waals surface area contributed by atoms with Gasteiger partial charge in [-0.15, -0.1) is 0 Å². The summed E-state index contributed by atoms with van der Waals surface area (Å²) in [5.41, 5.74) is 10.5. The van der Waals surface area contributed by atoms with E-state index in [9.17, 15) is 0 Å². The number of benzene rings is 2. The topological polar surface area (TPSA) is 0 Å². The van der Waals surface area contributed by atoms with Gasteiger partial charge in [0.05, 0.1) is 0 Å². The van der Waals surface area contributed by atoms with Crippen LogP contribution in [0.1, 0.15) is 61.4 Å². The van der Waals surface area contributed by atoms with Gasteiger partial charge < -0.3 is 0 Å². The number of hydrogen-bond acceptors (Lipinski definition) is 0. The lowest BCUT2D eigenvalue weighted by molar-refractivity contribution is 0.643. The van der Waals surface area contributed by atoms with Crippen LogP contribution in [0, 0.1) is 13.8 Å². The van der Waals surface area contributed by atoms with Gasteiger partial charge in [0, 0.05) is 5.41 Å². The van der Waals surface area contributed by atoms with Gasteiger partial charge in [-0.1, -0.05) is 63.1 Å². The van der Waals surface area contributed by atoms with Crippen LogP contribution in [0.3, 0.4) is 0 Å². The van der Waals surface area contributed by atoms with E-state index in [0.717, 1.165) is 0 Å². The van der Waals surface area contributed by atoms with Crippen molar-refractivity contribution in [2.45, 2.75) is 59.3 Å². The molecule has 0 fully saturated rings. The smallest absolute Gasteiger partial charge is 0.0161 e. The molecule has 0 bridgehead atoms. The van der Waals surface area contributed by atoms with E-state index in [2.05, 4.69) is 65.0 Å². The second-order valence-corrected chi connectivity index (χ2v) is 7.06. The van der Waals surface area contributed by atoms with E-state index in [1.54, 1.807) is 11.1 Å². The summed E-state index contributed by atoms with van der Waals surface area (Å²) in [6.07, 6.45) is 3.75. The lowest BCUT2D eigenvalue weighted by Crippen LogP contribution is -2.18. The Kier molecular flexibility index (Phi) is 3.43. The van der Waals surface area contributed by atoms with E-state index in [-0.39, 0.29) is 5.41 Å². The van der Waals surface area contributed by atoms with Gasteiger partial charge >= 0.3 is 0 Å². The Labute approximate surface area is 129 Å². The highest BCUT2D eigenvalue weighted by Gasteiger charge is 2.37. The first-order valence-electron chi connectivity index (χ1n) is 8.21. The maximum absolute atomic E-state index is 2.39. The van der Waals surface area contributed by atoms with Crippen molar-refractivity contribution in [2.75, 3.05) is 0 Å². The molecule has 0 spiro atoms. The maximum Gasteiger partial charge on any atom is 0.0161 e. The van der Waals surface area contributed by atoms with Crippen LogP contribution in [-0.2, 0) is 11.8 Å². The SMILES string of the molecule is CCCCc1c(C)ccc2c1C(C)(C)c1cc(C)ccc1-2. The largest absolute Gasteiger partial charge is 0.0654 e. The Morgan fingerprint density at radius 3 is 2.38 bits per heavy atom. The lowest BCUT2D eigenvalue weighted by atomic mass is 9.78. The molecular formula is C21H26. The van der Waals surface area contributed by atoms with Gasteiger partial charge in [0.2, 0.25) is 0 Å². The summed E-state index contributed by atoms with van der Waals surface area (Å²) in [5, 5.41) is 0. The van der Waals surface area contributed by atoms with Crippen LogP contribution in [0.2, 0.25) is 0 Å². The Hall–Kier alpha value is -1.56. The highest BCUT2D eigenvalue weighted by molar-refractivity contribution is 5.82. The van der Waals surface area contributed by atoms with Crippen molar-refractivity contribution in [3.8, 4) is 11.1 Å². The van der Waals surface area contributed by atoms with Gasteiger partial charge in [-0.05, 0) is 60.1 Å². The minimum Gasteiger partial charge on any atom is -0.0654 e. The molecule has 0 unspecified atom stereocenters. The molecule has 1 aliphatic rings. The fraction of sp³-hybridized carbons (Fsp3) is 0.429. The second-order valence-electron chi connectivity index (χ2n) is 7.06. The van der Waals surface area contributed by atoms with Crippen molar-refractivity contribution in [2.24, 2.45) is 0 Å². The quantitative estimate of drug-likeness (QED) is 0.650. The first kappa shape index (κ1) is 14.4. The van der Waals surface area contributed by atoms with Gasteiger partial charge in [0.1, 0.15) is 0 Å². The molecule has 3 rings (SSSR count). The maximum atomic E-state index is 2.39. The molecule has 0 amide bonds. The number of rotatable bonds is 3. The van der Waals surface area contributed by atoms with Crippen LogP contribution in [-0.4, -0.2) is 0 Å². The molecule has 0 heterocycles. The Morgan fingerprint density at radius 2 is 1.67 bits per heavy atom. The van der Waals surface area contributed by atoms with Crippen molar-refractivity contribution in [1.29, 1.82) is 0 Å². The molecule has 21 heavy (non-hydrogen) atoms. The predicted octanol–water partition coefficient (Wildman–Crippen LogP) is 5.95. The highest BCUT2D eigenvalue weighted by Crippen LogP contribution is 2.51. The molecule has 0 aliphatic heterocycles. The fourth-order valence-corrected chi connectivity index (χ4v) is 3.91. The van der Waals surface area contributed by atoms with Crippen molar-refractivity contribution < 1.29 is 0 Å². The van der Waals surface area contributed by atoms with Crippen LogP contribution >= 0.6 is 0 Å². The van der Waals surface area contributed by atoms with Gasteiger partial charge in [-0.2, -0.15) is 0 Å². The molecule has 0 heteroatoms. The third-order valence-electron chi connectivity index (χ3n) is 5.09. The number of unbranched alkanes of at least 4 members (excludes halogenated alkanes) is 1. The Morgan fingerprint density at radius 1 is 0.952 bits per heavy atom. The zero-order valence-electron chi connectivity index (χ0n) is 14.0. The summed E-state index contributed by atoms with van der Waals surface area (Å²) < 4.78 is 0. The van der Waals surface area contributed by atoms with Crippen molar-refractivity contribution in [3.05, 3.63) is 58.1 Å². The fourth-order valence-electron chi connectivity index (χ4n) is 3.91. The lowest BCUT2D eigenvalue weighted by Gasteiger charge is -2.25. The van der Waals surface area contributed by atoms with Crippen LogP contribution in [0.25, 0.3) is 11.1 Å². The van der Waals surface area contributed by atoms with Gasteiger partial charge in [0.15, 0.2) is 0 Å². The van der Waals surface area contributed by atoms with Crippen molar-refractivity contribution >= 4 is 0 Å². The highest BCUT2D eigenvalue weighted by atomic mass is 14.4.